The molecule has 0 aliphatic heterocycles. The zero-order valence-corrected chi connectivity index (χ0v) is 16.7. The second-order valence-electron chi connectivity index (χ2n) is 5.31. The van der Waals surface area contributed by atoms with Crippen LogP contribution in [-0.4, -0.2) is 35.2 Å². The molecule has 0 unspecified atom stereocenters. The number of methoxy groups -OCH3 is 2. The highest BCUT2D eigenvalue weighted by molar-refractivity contribution is 7.92. The average Bonchev–Trinajstić information content (AvgIpc) is 2.59. The molecule has 26 heavy (non-hydrogen) atoms. The van der Waals surface area contributed by atoms with Crippen molar-refractivity contribution < 1.29 is 22.7 Å². The molecule has 0 amide bonds. The number of rotatable bonds is 6. The number of hydrogen-bond donors (Lipinski definition) is 0. The average molecular weight is 418 g/mol. The molecule has 0 heterocycles. The maximum absolute atomic E-state index is 13.2. The molecule has 0 bridgehead atoms. The molecule has 0 N–H and O–H groups in total. The third-order valence-electron chi connectivity index (χ3n) is 3.64. The van der Waals surface area contributed by atoms with Crippen LogP contribution in [0.1, 0.15) is 5.56 Å². The number of carbonyl (C=O) groups excluding carboxylic acids is 1. The van der Waals surface area contributed by atoms with Crippen molar-refractivity contribution in [2.45, 2.75) is 11.8 Å². The smallest absolute Gasteiger partial charge is 0.326 e. The third-order valence-corrected chi connectivity index (χ3v) is 5.93. The van der Waals surface area contributed by atoms with Crippen LogP contribution in [0, 0.1) is 6.92 Å². The van der Waals surface area contributed by atoms with Gasteiger partial charge in [-0.05, 0) is 48.9 Å². The van der Waals surface area contributed by atoms with Crippen molar-refractivity contribution in [2.24, 2.45) is 0 Å². The van der Waals surface area contributed by atoms with Crippen LogP contribution in [0.2, 0.25) is 10.0 Å². The molecule has 0 radical (unpaired) electrons. The number of anilines is 1. The molecule has 0 fully saturated rings. The Bertz CT molecular complexity index is 931. The highest BCUT2D eigenvalue weighted by atomic mass is 35.5. The van der Waals surface area contributed by atoms with E-state index in [2.05, 4.69) is 4.74 Å². The Balaban J connectivity index is 2.59. The molecular formula is C17H17Cl2NO5S. The van der Waals surface area contributed by atoms with E-state index in [1.807, 2.05) is 0 Å². The Labute approximate surface area is 162 Å². The van der Waals surface area contributed by atoms with Crippen LogP contribution in [0.4, 0.5) is 5.69 Å². The Morgan fingerprint density at radius 1 is 1.12 bits per heavy atom. The Morgan fingerprint density at radius 3 is 2.35 bits per heavy atom. The van der Waals surface area contributed by atoms with Crippen LogP contribution in [0.3, 0.4) is 0 Å². The lowest BCUT2D eigenvalue weighted by atomic mass is 10.2. The van der Waals surface area contributed by atoms with Gasteiger partial charge in [-0.3, -0.25) is 9.10 Å². The summed E-state index contributed by atoms with van der Waals surface area (Å²) in [4.78, 5) is 11.7. The van der Waals surface area contributed by atoms with Gasteiger partial charge in [0.1, 0.15) is 12.3 Å². The number of benzene rings is 2. The van der Waals surface area contributed by atoms with Crippen LogP contribution < -0.4 is 9.04 Å². The van der Waals surface area contributed by atoms with E-state index >= 15 is 0 Å². The van der Waals surface area contributed by atoms with Crippen molar-refractivity contribution in [3.05, 3.63) is 52.0 Å². The molecule has 0 aliphatic rings. The van der Waals surface area contributed by atoms with Crippen LogP contribution in [0.25, 0.3) is 0 Å². The first kappa shape index (κ1) is 20.4. The van der Waals surface area contributed by atoms with Crippen molar-refractivity contribution in [1.82, 2.24) is 0 Å². The van der Waals surface area contributed by atoms with Crippen LogP contribution >= 0.6 is 23.2 Å². The van der Waals surface area contributed by atoms with Gasteiger partial charge in [0.15, 0.2) is 0 Å². The van der Waals surface area contributed by atoms with Gasteiger partial charge < -0.3 is 9.47 Å². The van der Waals surface area contributed by atoms with E-state index < -0.39 is 22.5 Å². The number of hydrogen-bond acceptors (Lipinski definition) is 5. The summed E-state index contributed by atoms with van der Waals surface area (Å²) < 4.78 is 37.0. The lowest BCUT2D eigenvalue weighted by Crippen LogP contribution is -2.36. The lowest BCUT2D eigenvalue weighted by Gasteiger charge is -2.25. The normalized spacial score (nSPS) is 11.1. The highest BCUT2D eigenvalue weighted by Crippen LogP contribution is 2.32. The van der Waals surface area contributed by atoms with Gasteiger partial charge in [-0.15, -0.1) is 0 Å². The van der Waals surface area contributed by atoms with Crippen molar-refractivity contribution in [1.29, 1.82) is 0 Å². The van der Waals surface area contributed by atoms with E-state index in [4.69, 9.17) is 27.9 Å². The molecule has 9 heteroatoms. The Hall–Kier alpha value is -1.96. The number of esters is 1. The second kappa shape index (κ2) is 8.16. The van der Waals surface area contributed by atoms with E-state index in [1.54, 1.807) is 19.1 Å². The minimum Gasteiger partial charge on any atom is -0.495 e. The number of carbonyl (C=O) groups is 1. The summed E-state index contributed by atoms with van der Waals surface area (Å²) in [6.45, 7) is 1.20. The molecule has 6 nitrogen and oxygen atoms in total. The first-order valence-corrected chi connectivity index (χ1v) is 9.59. The molecule has 0 aliphatic carbocycles. The Kier molecular flexibility index (Phi) is 6.39. The maximum Gasteiger partial charge on any atom is 0.326 e. The second-order valence-corrected chi connectivity index (χ2v) is 8.02. The van der Waals surface area contributed by atoms with E-state index in [1.165, 1.54) is 38.5 Å². The first-order valence-electron chi connectivity index (χ1n) is 7.40. The highest BCUT2D eigenvalue weighted by Gasteiger charge is 2.29. The van der Waals surface area contributed by atoms with Gasteiger partial charge >= 0.3 is 5.97 Å². The lowest BCUT2D eigenvalue weighted by molar-refractivity contribution is -0.138. The van der Waals surface area contributed by atoms with E-state index in [0.717, 1.165) is 4.31 Å². The van der Waals surface area contributed by atoms with E-state index in [-0.39, 0.29) is 9.92 Å². The molecule has 0 spiro atoms. The zero-order valence-electron chi connectivity index (χ0n) is 14.3. The Morgan fingerprint density at radius 2 is 1.81 bits per heavy atom. The molecule has 0 aromatic heterocycles. The van der Waals surface area contributed by atoms with Crippen molar-refractivity contribution in [2.75, 3.05) is 25.1 Å². The minimum atomic E-state index is -4.09. The molecule has 0 saturated heterocycles. The summed E-state index contributed by atoms with van der Waals surface area (Å²) in [5.41, 5.74) is 0.899. The summed E-state index contributed by atoms with van der Waals surface area (Å²) in [6.07, 6.45) is 0. The SMILES string of the molecule is COC(=O)CN(c1ccc(Cl)cc1C)S(=O)(=O)c1ccc(OC)c(Cl)c1. The summed E-state index contributed by atoms with van der Waals surface area (Å²) in [5, 5.41) is 0.591. The summed E-state index contributed by atoms with van der Waals surface area (Å²) in [5.74, 6) is -0.365. The van der Waals surface area contributed by atoms with Gasteiger partial charge in [0.05, 0.1) is 29.8 Å². The summed E-state index contributed by atoms with van der Waals surface area (Å²) in [7, 11) is -1.48. The maximum atomic E-state index is 13.2. The molecule has 2 rings (SSSR count). The number of halogens is 2. The topological polar surface area (TPSA) is 72.9 Å². The standard InChI is InChI=1S/C17H17Cl2NO5S/c1-11-8-12(18)4-6-15(11)20(10-17(21)25-3)26(22,23)13-5-7-16(24-2)14(19)9-13/h4-9H,10H2,1-3H3. The van der Waals surface area contributed by atoms with Crippen molar-refractivity contribution in [3.8, 4) is 5.75 Å². The number of ether oxygens (including phenoxy) is 2. The van der Waals surface area contributed by atoms with Crippen LogP contribution in [0.15, 0.2) is 41.3 Å². The molecule has 0 saturated carbocycles. The molecule has 2 aromatic carbocycles. The van der Waals surface area contributed by atoms with Gasteiger partial charge in [0.25, 0.3) is 10.0 Å². The van der Waals surface area contributed by atoms with E-state index in [9.17, 15) is 13.2 Å². The largest absolute Gasteiger partial charge is 0.495 e. The van der Waals surface area contributed by atoms with Gasteiger partial charge in [0.2, 0.25) is 0 Å². The van der Waals surface area contributed by atoms with E-state index in [0.29, 0.717) is 22.0 Å². The molecule has 2 aromatic rings. The fourth-order valence-corrected chi connectivity index (χ4v) is 4.36. The molecule has 140 valence electrons. The van der Waals surface area contributed by atoms with Crippen LogP contribution in [-0.2, 0) is 19.6 Å². The number of sulfonamides is 1. The zero-order chi connectivity index (χ0) is 19.5. The summed E-state index contributed by atoms with van der Waals surface area (Å²) >= 11 is 12.0. The fourth-order valence-electron chi connectivity index (χ4n) is 2.31. The minimum absolute atomic E-state index is 0.0819. The molecular weight excluding hydrogens is 401 g/mol. The number of aryl methyl sites for hydroxylation is 1. The number of nitrogens with zero attached hydrogens (tertiary/aromatic N) is 1. The predicted molar refractivity (Wildman–Crippen MR) is 101 cm³/mol. The summed E-state index contributed by atoms with van der Waals surface area (Å²) in [6, 6.07) is 8.76. The fraction of sp³-hybridized carbons (Fsp3) is 0.235. The quantitative estimate of drug-likeness (QED) is 0.670. The first-order chi connectivity index (χ1) is 12.2. The van der Waals surface area contributed by atoms with Crippen molar-refractivity contribution in [3.63, 3.8) is 0 Å². The molecule has 0 atom stereocenters. The van der Waals surface area contributed by atoms with Gasteiger partial charge in [-0.25, -0.2) is 8.42 Å². The monoisotopic (exact) mass is 417 g/mol. The predicted octanol–water partition coefficient (Wildman–Crippen LogP) is 3.68. The van der Waals surface area contributed by atoms with Gasteiger partial charge in [0, 0.05) is 5.02 Å². The van der Waals surface area contributed by atoms with Crippen LogP contribution in [0.5, 0.6) is 5.75 Å². The van der Waals surface area contributed by atoms with Crippen molar-refractivity contribution >= 4 is 44.9 Å². The van der Waals surface area contributed by atoms with Gasteiger partial charge in [-0.1, -0.05) is 23.2 Å². The third kappa shape index (κ3) is 4.23. The van der Waals surface area contributed by atoms with Gasteiger partial charge in [-0.2, -0.15) is 0 Å².